The van der Waals surface area contributed by atoms with E-state index in [-0.39, 0.29) is 0 Å². The van der Waals surface area contributed by atoms with Crippen LogP contribution in [0.2, 0.25) is 0 Å². The first-order chi connectivity index (χ1) is 9.76. The Kier molecular flexibility index (Phi) is 3.29. The second-order valence-electron chi connectivity index (χ2n) is 4.78. The van der Waals surface area contributed by atoms with Gasteiger partial charge in [-0.05, 0) is 29.8 Å². The molecule has 4 heteroatoms. The molecule has 4 nitrogen and oxygen atoms in total. The normalized spacial score (nSPS) is 10.7. The lowest BCUT2D eigenvalue weighted by Crippen LogP contribution is -2.17. The first-order valence-corrected chi connectivity index (χ1v) is 6.55. The van der Waals surface area contributed by atoms with Crippen molar-refractivity contribution in [1.82, 2.24) is 9.97 Å². The van der Waals surface area contributed by atoms with Crippen LogP contribution in [0.4, 0.5) is 5.95 Å². The average molecular weight is 267 g/mol. The van der Waals surface area contributed by atoms with Crippen molar-refractivity contribution in [2.75, 3.05) is 19.1 Å². The van der Waals surface area contributed by atoms with Gasteiger partial charge in [-0.15, -0.1) is 0 Å². The summed E-state index contributed by atoms with van der Waals surface area (Å²) in [5.74, 6) is 1.75. The molecule has 0 saturated carbocycles. The van der Waals surface area contributed by atoms with Gasteiger partial charge in [-0.1, -0.05) is 24.3 Å². The highest BCUT2D eigenvalue weighted by Crippen LogP contribution is 2.18. The van der Waals surface area contributed by atoms with Crippen LogP contribution in [0.15, 0.2) is 48.5 Å². The Morgan fingerprint density at radius 1 is 1.10 bits per heavy atom. The maximum absolute atomic E-state index is 5.17. The van der Waals surface area contributed by atoms with Crippen molar-refractivity contribution >= 4 is 17.0 Å². The molecular formula is C16H17N3O. The maximum Gasteiger partial charge on any atom is 0.203 e. The van der Waals surface area contributed by atoms with Crippen molar-refractivity contribution in [3.63, 3.8) is 0 Å². The number of fused-ring (bicyclic) bond motifs is 1. The third kappa shape index (κ3) is 2.45. The summed E-state index contributed by atoms with van der Waals surface area (Å²) in [7, 11) is 3.71. The molecule has 1 heterocycles. The Hall–Kier alpha value is -2.49. The van der Waals surface area contributed by atoms with E-state index in [0.29, 0.717) is 0 Å². The molecule has 1 N–H and O–H groups in total. The number of aromatic nitrogens is 2. The molecule has 0 radical (unpaired) electrons. The number of anilines is 1. The van der Waals surface area contributed by atoms with Crippen LogP contribution in [0.3, 0.4) is 0 Å². The molecule has 2 aromatic carbocycles. The van der Waals surface area contributed by atoms with Crippen LogP contribution in [-0.4, -0.2) is 24.1 Å². The zero-order valence-electron chi connectivity index (χ0n) is 11.6. The van der Waals surface area contributed by atoms with E-state index in [2.05, 4.69) is 27.0 Å². The molecule has 0 aliphatic carbocycles. The summed E-state index contributed by atoms with van der Waals surface area (Å²) >= 11 is 0. The molecule has 0 spiro atoms. The van der Waals surface area contributed by atoms with E-state index in [9.17, 15) is 0 Å². The van der Waals surface area contributed by atoms with Gasteiger partial charge in [0.2, 0.25) is 5.95 Å². The highest BCUT2D eigenvalue weighted by molar-refractivity contribution is 5.77. The molecule has 0 amide bonds. The molecule has 0 bridgehead atoms. The Balaban J connectivity index is 1.79. The summed E-state index contributed by atoms with van der Waals surface area (Å²) in [5, 5.41) is 0. The molecule has 20 heavy (non-hydrogen) atoms. The zero-order chi connectivity index (χ0) is 13.9. The van der Waals surface area contributed by atoms with Gasteiger partial charge in [0, 0.05) is 13.6 Å². The number of rotatable bonds is 4. The highest BCUT2D eigenvalue weighted by Gasteiger charge is 2.07. The molecule has 0 aliphatic heterocycles. The molecule has 0 aliphatic rings. The van der Waals surface area contributed by atoms with Crippen LogP contribution in [-0.2, 0) is 6.54 Å². The number of methoxy groups -OCH3 is 1. The van der Waals surface area contributed by atoms with Gasteiger partial charge in [-0.2, -0.15) is 0 Å². The van der Waals surface area contributed by atoms with Crippen LogP contribution in [0.5, 0.6) is 5.75 Å². The smallest absolute Gasteiger partial charge is 0.203 e. The fraction of sp³-hybridized carbons (Fsp3) is 0.188. The van der Waals surface area contributed by atoms with E-state index in [0.717, 1.165) is 29.3 Å². The number of hydrogen-bond donors (Lipinski definition) is 1. The molecule has 3 rings (SSSR count). The molecule has 3 aromatic rings. The number of aromatic amines is 1. The first-order valence-electron chi connectivity index (χ1n) is 6.55. The lowest BCUT2D eigenvalue weighted by Gasteiger charge is -2.16. The number of hydrogen-bond acceptors (Lipinski definition) is 3. The standard InChI is InChI=1S/C16H17N3O/c1-19(11-12-7-9-13(20-2)10-8-12)16-17-14-5-3-4-6-15(14)18-16/h3-10H,11H2,1-2H3,(H,17,18). The molecular weight excluding hydrogens is 250 g/mol. The Bertz CT molecular complexity index is 670. The van der Waals surface area contributed by atoms with Crippen molar-refractivity contribution in [2.45, 2.75) is 6.54 Å². The van der Waals surface area contributed by atoms with Crippen molar-refractivity contribution < 1.29 is 4.74 Å². The summed E-state index contributed by atoms with van der Waals surface area (Å²) in [5.41, 5.74) is 3.27. The monoisotopic (exact) mass is 267 g/mol. The zero-order valence-corrected chi connectivity index (χ0v) is 11.6. The fourth-order valence-corrected chi connectivity index (χ4v) is 2.20. The number of nitrogens with one attached hydrogen (secondary N) is 1. The van der Waals surface area contributed by atoms with Crippen molar-refractivity contribution in [1.29, 1.82) is 0 Å². The predicted octanol–water partition coefficient (Wildman–Crippen LogP) is 3.21. The van der Waals surface area contributed by atoms with Crippen LogP contribution in [0.1, 0.15) is 5.56 Å². The van der Waals surface area contributed by atoms with Gasteiger partial charge >= 0.3 is 0 Å². The van der Waals surface area contributed by atoms with E-state index in [1.165, 1.54) is 5.56 Å². The van der Waals surface area contributed by atoms with Gasteiger partial charge in [-0.3, -0.25) is 0 Å². The predicted molar refractivity (Wildman–Crippen MR) is 81.2 cm³/mol. The Morgan fingerprint density at radius 3 is 2.55 bits per heavy atom. The quantitative estimate of drug-likeness (QED) is 0.789. The van der Waals surface area contributed by atoms with E-state index < -0.39 is 0 Å². The van der Waals surface area contributed by atoms with Gasteiger partial charge in [0.1, 0.15) is 5.75 Å². The van der Waals surface area contributed by atoms with Crippen molar-refractivity contribution in [2.24, 2.45) is 0 Å². The van der Waals surface area contributed by atoms with Gasteiger partial charge < -0.3 is 14.6 Å². The second-order valence-corrected chi connectivity index (χ2v) is 4.78. The molecule has 1 aromatic heterocycles. The van der Waals surface area contributed by atoms with Crippen molar-refractivity contribution in [3.05, 3.63) is 54.1 Å². The lowest BCUT2D eigenvalue weighted by atomic mass is 10.2. The van der Waals surface area contributed by atoms with Crippen LogP contribution in [0, 0.1) is 0 Å². The van der Waals surface area contributed by atoms with Gasteiger partial charge in [-0.25, -0.2) is 4.98 Å². The summed E-state index contributed by atoms with van der Waals surface area (Å²) in [6.07, 6.45) is 0. The summed E-state index contributed by atoms with van der Waals surface area (Å²) in [6.45, 7) is 0.795. The number of para-hydroxylation sites is 2. The molecule has 0 unspecified atom stereocenters. The topological polar surface area (TPSA) is 41.1 Å². The minimum atomic E-state index is 0.795. The number of imidazole rings is 1. The fourth-order valence-electron chi connectivity index (χ4n) is 2.20. The van der Waals surface area contributed by atoms with Crippen LogP contribution >= 0.6 is 0 Å². The van der Waals surface area contributed by atoms with E-state index in [4.69, 9.17) is 4.74 Å². The number of benzene rings is 2. The lowest BCUT2D eigenvalue weighted by molar-refractivity contribution is 0.414. The molecule has 0 atom stereocenters. The Morgan fingerprint density at radius 2 is 1.85 bits per heavy atom. The van der Waals surface area contributed by atoms with Gasteiger partial charge in [0.15, 0.2) is 0 Å². The average Bonchev–Trinajstić information content (AvgIpc) is 2.92. The third-order valence-electron chi connectivity index (χ3n) is 3.32. The van der Waals surface area contributed by atoms with E-state index in [1.807, 2.05) is 43.4 Å². The maximum atomic E-state index is 5.17. The minimum Gasteiger partial charge on any atom is -0.497 e. The summed E-state index contributed by atoms with van der Waals surface area (Å²) in [4.78, 5) is 10.0. The molecule has 0 saturated heterocycles. The van der Waals surface area contributed by atoms with Gasteiger partial charge in [0.05, 0.1) is 18.1 Å². The molecule has 0 fully saturated rings. The number of H-pyrrole nitrogens is 1. The van der Waals surface area contributed by atoms with Crippen LogP contribution < -0.4 is 9.64 Å². The summed E-state index contributed by atoms with van der Waals surface area (Å²) in [6, 6.07) is 16.1. The number of nitrogens with zero attached hydrogens (tertiary/aromatic N) is 2. The SMILES string of the molecule is COc1ccc(CN(C)c2nc3ccccc3[nH]2)cc1. The molecule has 102 valence electrons. The Labute approximate surface area is 118 Å². The largest absolute Gasteiger partial charge is 0.497 e. The third-order valence-corrected chi connectivity index (χ3v) is 3.32. The van der Waals surface area contributed by atoms with Crippen LogP contribution in [0.25, 0.3) is 11.0 Å². The highest BCUT2D eigenvalue weighted by atomic mass is 16.5. The van der Waals surface area contributed by atoms with E-state index in [1.54, 1.807) is 7.11 Å². The first kappa shape index (κ1) is 12.5. The summed E-state index contributed by atoms with van der Waals surface area (Å²) < 4.78 is 5.17. The van der Waals surface area contributed by atoms with E-state index >= 15 is 0 Å². The second kappa shape index (κ2) is 5.25. The number of ether oxygens (including phenoxy) is 1. The minimum absolute atomic E-state index is 0.795. The van der Waals surface area contributed by atoms with Gasteiger partial charge in [0.25, 0.3) is 0 Å². The van der Waals surface area contributed by atoms with Crippen molar-refractivity contribution in [3.8, 4) is 5.75 Å².